The van der Waals surface area contributed by atoms with Crippen LogP contribution in [0.2, 0.25) is 0 Å². The van der Waals surface area contributed by atoms with Gasteiger partial charge >= 0.3 is 0 Å². The van der Waals surface area contributed by atoms with Crippen molar-refractivity contribution in [2.75, 3.05) is 0 Å². The predicted octanol–water partition coefficient (Wildman–Crippen LogP) is 7.17. The summed E-state index contributed by atoms with van der Waals surface area (Å²) in [6.07, 6.45) is 3.54. The van der Waals surface area contributed by atoms with Gasteiger partial charge in [0, 0.05) is 10.0 Å². The topological polar surface area (TPSA) is 17.1 Å². The molecule has 1 nitrogen and oxygen atoms in total. The van der Waals surface area contributed by atoms with Gasteiger partial charge in [-0.1, -0.05) is 107 Å². The number of hydrogen-bond donors (Lipinski definition) is 0. The predicted molar refractivity (Wildman–Crippen MR) is 117 cm³/mol. The highest BCUT2D eigenvalue weighted by Gasteiger charge is 2.05. The molecular weight excluding hydrogens is 396 g/mol. The molecule has 0 bridgehead atoms. The average molecular weight is 413 g/mol. The smallest absolute Gasteiger partial charge is 0.185 e. The molecule has 0 aliphatic carbocycles. The van der Waals surface area contributed by atoms with Crippen molar-refractivity contribution < 1.29 is 4.79 Å². The van der Waals surface area contributed by atoms with E-state index in [1.165, 1.54) is 0 Å². The number of hydrogen-bond acceptors (Lipinski definition) is 1. The maximum absolute atomic E-state index is 12.6. The third kappa shape index (κ3) is 3.76. The van der Waals surface area contributed by atoms with E-state index >= 15 is 0 Å². The summed E-state index contributed by atoms with van der Waals surface area (Å²) in [6.45, 7) is 0. The zero-order chi connectivity index (χ0) is 18.6. The van der Waals surface area contributed by atoms with Gasteiger partial charge in [0.15, 0.2) is 5.78 Å². The van der Waals surface area contributed by atoms with Gasteiger partial charge in [0.1, 0.15) is 0 Å². The molecule has 130 valence electrons. The fourth-order valence-corrected chi connectivity index (χ4v) is 3.63. The zero-order valence-corrected chi connectivity index (χ0v) is 16.2. The van der Waals surface area contributed by atoms with Gasteiger partial charge in [-0.3, -0.25) is 4.79 Å². The summed E-state index contributed by atoms with van der Waals surface area (Å²) in [4.78, 5) is 12.6. The molecule has 0 saturated carbocycles. The first-order valence-electron chi connectivity index (χ1n) is 8.77. The molecule has 0 aromatic heterocycles. The Morgan fingerprint density at radius 2 is 1.30 bits per heavy atom. The molecule has 0 aliphatic rings. The van der Waals surface area contributed by atoms with Crippen LogP contribution in [0.4, 0.5) is 0 Å². The Hall–Kier alpha value is -2.97. The normalized spacial score (nSPS) is 11.1. The lowest BCUT2D eigenvalue weighted by Crippen LogP contribution is -1.94. The van der Waals surface area contributed by atoms with E-state index in [-0.39, 0.29) is 5.78 Å². The number of halogens is 1. The van der Waals surface area contributed by atoms with Crippen LogP contribution in [0.3, 0.4) is 0 Å². The molecule has 0 aliphatic heterocycles. The summed E-state index contributed by atoms with van der Waals surface area (Å²) in [7, 11) is 0. The van der Waals surface area contributed by atoms with Gasteiger partial charge in [-0.05, 0) is 39.6 Å². The van der Waals surface area contributed by atoms with Gasteiger partial charge in [-0.25, -0.2) is 0 Å². The molecule has 0 N–H and O–H groups in total. The van der Waals surface area contributed by atoms with Crippen molar-refractivity contribution in [3.8, 4) is 11.1 Å². The number of benzene rings is 4. The first kappa shape index (κ1) is 17.4. The number of allylic oxidation sites excluding steroid dienone is 1. The highest BCUT2D eigenvalue weighted by atomic mass is 79.9. The van der Waals surface area contributed by atoms with Crippen molar-refractivity contribution in [3.05, 3.63) is 113 Å². The third-order valence-electron chi connectivity index (χ3n) is 4.60. The van der Waals surface area contributed by atoms with Gasteiger partial charge in [0.25, 0.3) is 0 Å². The summed E-state index contributed by atoms with van der Waals surface area (Å²) >= 11 is 3.58. The van der Waals surface area contributed by atoms with Crippen LogP contribution in [-0.2, 0) is 0 Å². The van der Waals surface area contributed by atoms with Crippen molar-refractivity contribution >= 4 is 38.6 Å². The number of rotatable bonds is 4. The summed E-state index contributed by atoms with van der Waals surface area (Å²) in [5.41, 5.74) is 3.97. The fourth-order valence-electron chi connectivity index (χ4n) is 3.15. The lowest BCUT2D eigenvalue weighted by atomic mass is 10.0. The first-order chi connectivity index (χ1) is 13.2. The monoisotopic (exact) mass is 412 g/mol. The Bertz CT molecular complexity index is 1130. The number of carbonyl (C=O) groups excluding carboxylic acids is 1. The SMILES string of the molecule is O=C(/C=C/c1ccc(Br)c2ccccc12)c1ccc(-c2ccccc2)cc1. The van der Waals surface area contributed by atoms with E-state index < -0.39 is 0 Å². The Balaban J connectivity index is 1.59. The highest BCUT2D eigenvalue weighted by Crippen LogP contribution is 2.27. The highest BCUT2D eigenvalue weighted by molar-refractivity contribution is 9.10. The Labute approximate surface area is 167 Å². The third-order valence-corrected chi connectivity index (χ3v) is 5.29. The van der Waals surface area contributed by atoms with Crippen molar-refractivity contribution in [2.24, 2.45) is 0 Å². The van der Waals surface area contributed by atoms with E-state index in [4.69, 9.17) is 0 Å². The van der Waals surface area contributed by atoms with Crippen LogP contribution in [0.5, 0.6) is 0 Å². The summed E-state index contributed by atoms with van der Waals surface area (Å²) in [6, 6.07) is 30.1. The van der Waals surface area contributed by atoms with Crippen LogP contribution < -0.4 is 0 Å². The van der Waals surface area contributed by atoms with E-state index in [0.717, 1.165) is 31.9 Å². The summed E-state index contributed by atoms with van der Waals surface area (Å²) in [5.74, 6) is 0.00149. The fraction of sp³-hybridized carbons (Fsp3) is 0. The van der Waals surface area contributed by atoms with E-state index in [1.807, 2.05) is 72.8 Å². The Morgan fingerprint density at radius 1 is 0.667 bits per heavy atom. The quantitative estimate of drug-likeness (QED) is 0.256. The Kier molecular flexibility index (Phi) is 4.99. The number of ketones is 1. The minimum atomic E-state index is 0.00149. The molecule has 0 radical (unpaired) electrons. The lowest BCUT2D eigenvalue weighted by Gasteiger charge is -2.05. The second kappa shape index (κ2) is 7.73. The summed E-state index contributed by atoms with van der Waals surface area (Å²) < 4.78 is 1.05. The Morgan fingerprint density at radius 3 is 2.04 bits per heavy atom. The molecule has 4 aromatic carbocycles. The van der Waals surface area contributed by atoms with Crippen LogP contribution in [-0.4, -0.2) is 5.78 Å². The van der Waals surface area contributed by atoms with Crippen molar-refractivity contribution in [2.45, 2.75) is 0 Å². The molecule has 0 unspecified atom stereocenters. The van der Waals surface area contributed by atoms with E-state index in [1.54, 1.807) is 6.08 Å². The number of fused-ring (bicyclic) bond motifs is 1. The molecule has 0 amide bonds. The van der Waals surface area contributed by atoms with Crippen LogP contribution in [0.15, 0.2) is 102 Å². The van der Waals surface area contributed by atoms with E-state index in [9.17, 15) is 4.79 Å². The minimum Gasteiger partial charge on any atom is -0.289 e. The van der Waals surface area contributed by atoms with E-state index in [2.05, 4.69) is 40.2 Å². The average Bonchev–Trinajstić information content (AvgIpc) is 2.74. The van der Waals surface area contributed by atoms with Crippen LogP contribution in [0.1, 0.15) is 15.9 Å². The summed E-state index contributed by atoms with van der Waals surface area (Å²) in [5, 5.41) is 2.26. The molecule has 0 spiro atoms. The van der Waals surface area contributed by atoms with Gasteiger partial charge in [-0.2, -0.15) is 0 Å². The van der Waals surface area contributed by atoms with Crippen LogP contribution in [0.25, 0.3) is 28.0 Å². The molecule has 27 heavy (non-hydrogen) atoms. The second-order valence-corrected chi connectivity index (χ2v) is 7.18. The lowest BCUT2D eigenvalue weighted by molar-refractivity contribution is 0.104. The van der Waals surface area contributed by atoms with Crippen molar-refractivity contribution in [1.82, 2.24) is 0 Å². The van der Waals surface area contributed by atoms with Gasteiger partial charge in [0.05, 0.1) is 0 Å². The van der Waals surface area contributed by atoms with Crippen LogP contribution in [0, 0.1) is 0 Å². The molecule has 0 saturated heterocycles. The standard InChI is InChI=1S/C25H17BrO/c26-24-16-14-20(22-8-4-5-9-23(22)24)15-17-25(27)21-12-10-19(11-13-21)18-6-2-1-3-7-18/h1-17H/b17-15+. The molecular formula is C25H17BrO. The molecule has 2 heteroatoms. The van der Waals surface area contributed by atoms with Crippen molar-refractivity contribution in [3.63, 3.8) is 0 Å². The van der Waals surface area contributed by atoms with E-state index in [0.29, 0.717) is 5.56 Å². The first-order valence-corrected chi connectivity index (χ1v) is 9.57. The molecule has 4 aromatic rings. The molecule has 0 atom stereocenters. The number of carbonyl (C=O) groups is 1. The maximum atomic E-state index is 12.6. The zero-order valence-electron chi connectivity index (χ0n) is 14.6. The molecule has 0 heterocycles. The van der Waals surface area contributed by atoms with Gasteiger partial charge < -0.3 is 0 Å². The molecule has 0 fully saturated rings. The minimum absolute atomic E-state index is 0.00149. The van der Waals surface area contributed by atoms with Crippen molar-refractivity contribution in [1.29, 1.82) is 0 Å². The molecule has 4 rings (SSSR count). The van der Waals surface area contributed by atoms with Gasteiger partial charge in [-0.15, -0.1) is 0 Å². The van der Waals surface area contributed by atoms with Gasteiger partial charge in [0.2, 0.25) is 0 Å². The maximum Gasteiger partial charge on any atom is 0.185 e. The van der Waals surface area contributed by atoms with Crippen LogP contribution >= 0.6 is 15.9 Å². The second-order valence-electron chi connectivity index (χ2n) is 6.32. The largest absolute Gasteiger partial charge is 0.289 e.